The van der Waals surface area contributed by atoms with Crippen molar-refractivity contribution in [3.05, 3.63) is 0 Å². The van der Waals surface area contributed by atoms with Crippen LogP contribution in [0.1, 0.15) is 74.1 Å². The van der Waals surface area contributed by atoms with E-state index in [1.165, 1.54) is 12.8 Å². The van der Waals surface area contributed by atoms with Gasteiger partial charge >= 0.3 is 0 Å². The summed E-state index contributed by atoms with van der Waals surface area (Å²) < 4.78 is 0. The summed E-state index contributed by atoms with van der Waals surface area (Å²) in [7, 11) is 0. The third-order valence-corrected chi connectivity index (χ3v) is 4.26. The van der Waals surface area contributed by atoms with Crippen LogP contribution in [0, 0.1) is 29.6 Å². The van der Waals surface area contributed by atoms with Crippen molar-refractivity contribution in [3.63, 3.8) is 0 Å². The SMILES string of the molecule is CC[C@H](C)[C@H](O)C(C)CC(C)CC(C)CC(C)C. The lowest BCUT2D eigenvalue weighted by atomic mass is 9.82. The second-order valence-corrected chi connectivity index (χ2v) is 7.16. The summed E-state index contributed by atoms with van der Waals surface area (Å²) in [5.41, 5.74) is 0. The summed E-state index contributed by atoms with van der Waals surface area (Å²) in [6.45, 7) is 15.8. The highest BCUT2D eigenvalue weighted by Crippen LogP contribution is 2.27. The van der Waals surface area contributed by atoms with Crippen LogP contribution in [-0.2, 0) is 0 Å². The van der Waals surface area contributed by atoms with E-state index in [1.54, 1.807) is 0 Å². The van der Waals surface area contributed by atoms with Gasteiger partial charge in [-0.05, 0) is 48.9 Å². The van der Waals surface area contributed by atoms with Crippen LogP contribution in [0.3, 0.4) is 0 Å². The van der Waals surface area contributed by atoms with E-state index in [1.807, 2.05) is 0 Å². The maximum Gasteiger partial charge on any atom is 0.0591 e. The van der Waals surface area contributed by atoms with Crippen molar-refractivity contribution in [1.29, 1.82) is 0 Å². The Labute approximate surface area is 115 Å². The Morgan fingerprint density at radius 2 is 1.22 bits per heavy atom. The molecule has 0 saturated heterocycles. The van der Waals surface area contributed by atoms with Crippen LogP contribution in [0.4, 0.5) is 0 Å². The zero-order valence-corrected chi connectivity index (χ0v) is 13.7. The maximum atomic E-state index is 10.2. The van der Waals surface area contributed by atoms with Crippen LogP contribution in [0.5, 0.6) is 0 Å². The van der Waals surface area contributed by atoms with Gasteiger partial charge in [0.2, 0.25) is 0 Å². The molecule has 0 aliphatic heterocycles. The van der Waals surface area contributed by atoms with Crippen molar-refractivity contribution >= 4 is 0 Å². The fourth-order valence-electron chi connectivity index (χ4n) is 3.26. The van der Waals surface area contributed by atoms with Gasteiger partial charge in [0.15, 0.2) is 0 Å². The van der Waals surface area contributed by atoms with Gasteiger partial charge < -0.3 is 5.11 Å². The molecule has 0 spiro atoms. The summed E-state index contributed by atoms with van der Waals surface area (Å²) >= 11 is 0. The molecule has 0 aromatic rings. The molecule has 0 radical (unpaired) electrons. The van der Waals surface area contributed by atoms with E-state index in [0.717, 1.165) is 30.6 Å². The smallest absolute Gasteiger partial charge is 0.0591 e. The third kappa shape index (κ3) is 7.41. The molecular formula is C17H36O. The minimum atomic E-state index is -0.127. The number of rotatable bonds is 9. The third-order valence-electron chi connectivity index (χ3n) is 4.26. The molecule has 0 rings (SSSR count). The number of hydrogen-bond donors (Lipinski definition) is 1. The van der Waals surface area contributed by atoms with Gasteiger partial charge in [0.1, 0.15) is 0 Å². The lowest BCUT2D eigenvalue weighted by Gasteiger charge is -2.27. The van der Waals surface area contributed by atoms with E-state index >= 15 is 0 Å². The average Bonchev–Trinajstić information content (AvgIpc) is 2.25. The molecule has 3 unspecified atom stereocenters. The lowest BCUT2D eigenvalue weighted by Crippen LogP contribution is -2.27. The molecule has 5 atom stereocenters. The molecule has 110 valence electrons. The Bertz CT molecular complexity index is 200. The molecule has 18 heavy (non-hydrogen) atoms. The molecule has 0 amide bonds. The van der Waals surface area contributed by atoms with Gasteiger partial charge in [0.25, 0.3) is 0 Å². The molecule has 0 aliphatic rings. The minimum Gasteiger partial charge on any atom is -0.393 e. The Balaban J connectivity index is 4.03. The highest BCUT2D eigenvalue weighted by molar-refractivity contribution is 4.73. The Morgan fingerprint density at radius 1 is 0.722 bits per heavy atom. The second-order valence-electron chi connectivity index (χ2n) is 7.16. The van der Waals surface area contributed by atoms with E-state index in [2.05, 4.69) is 48.5 Å². The molecule has 0 heterocycles. The molecule has 0 fully saturated rings. The first-order chi connectivity index (χ1) is 8.27. The topological polar surface area (TPSA) is 20.2 Å². The van der Waals surface area contributed by atoms with Crippen molar-refractivity contribution in [1.82, 2.24) is 0 Å². The van der Waals surface area contributed by atoms with Crippen LogP contribution in [-0.4, -0.2) is 11.2 Å². The number of aliphatic hydroxyl groups excluding tert-OH is 1. The van der Waals surface area contributed by atoms with Crippen molar-refractivity contribution < 1.29 is 5.11 Å². The van der Waals surface area contributed by atoms with Crippen LogP contribution in [0.15, 0.2) is 0 Å². The Morgan fingerprint density at radius 3 is 1.67 bits per heavy atom. The molecular weight excluding hydrogens is 220 g/mol. The molecule has 0 saturated carbocycles. The maximum absolute atomic E-state index is 10.2. The van der Waals surface area contributed by atoms with E-state index in [-0.39, 0.29) is 6.10 Å². The van der Waals surface area contributed by atoms with Gasteiger partial charge in [-0.2, -0.15) is 0 Å². The minimum absolute atomic E-state index is 0.127. The first-order valence-electron chi connectivity index (χ1n) is 7.95. The highest BCUT2D eigenvalue weighted by Gasteiger charge is 2.22. The van der Waals surface area contributed by atoms with Gasteiger partial charge in [-0.25, -0.2) is 0 Å². The van der Waals surface area contributed by atoms with Gasteiger partial charge in [0, 0.05) is 0 Å². The van der Waals surface area contributed by atoms with Gasteiger partial charge in [-0.3, -0.25) is 0 Å². The van der Waals surface area contributed by atoms with Crippen LogP contribution >= 0.6 is 0 Å². The zero-order valence-electron chi connectivity index (χ0n) is 13.7. The van der Waals surface area contributed by atoms with Crippen LogP contribution in [0.25, 0.3) is 0 Å². The molecule has 0 aromatic carbocycles. The van der Waals surface area contributed by atoms with Crippen molar-refractivity contribution in [2.45, 2.75) is 80.3 Å². The summed E-state index contributed by atoms with van der Waals surface area (Å²) in [5.74, 6) is 3.21. The van der Waals surface area contributed by atoms with Gasteiger partial charge in [0.05, 0.1) is 6.10 Å². The fourth-order valence-corrected chi connectivity index (χ4v) is 3.26. The first kappa shape index (κ1) is 18.0. The van der Waals surface area contributed by atoms with Crippen LogP contribution < -0.4 is 0 Å². The standard InChI is InChI=1S/C17H36O/c1-8-15(6)17(18)16(7)11-14(5)10-13(4)9-12(2)3/h12-18H,8-11H2,1-7H3/t13?,14?,15-,16?,17-/m0/s1. The predicted molar refractivity (Wildman–Crippen MR) is 81.6 cm³/mol. The van der Waals surface area contributed by atoms with Gasteiger partial charge in [-0.1, -0.05) is 54.9 Å². The first-order valence-corrected chi connectivity index (χ1v) is 7.95. The normalized spacial score (nSPS) is 20.5. The average molecular weight is 256 g/mol. The van der Waals surface area contributed by atoms with E-state index in [4.69, 9.17) is 0 Å². The quantitative estimate of drug-likeness (QED) is 0.606. The Kier molecular flexibility index (Phi) is 8.94. The largest absolute Gasteiger partial charge is 0.393 e. The molecule has 0 bridgehead atoms. The number of aliphatic hydroxyl groups is 1. The fraction of sp³-hybridized carbons (Fsp3) is 1.00. The molecule has 1 heteroatoms. The second kappa shape index (κ2) is 8.96. The molecule has 0 aromatic heterocycles. The lowest BCUT2D eigenvalue weighted by molar-refractivity contribution is 0.0514. The summed E-state index contributed by atoms with van der Waals surface area (Å²) in [6, 6.07) is 0. The van der Waals surface area contributed by atoms with Crippen molar-refractivity contribution in [2.75, 3.05) is 0 Å². The molecule has 1 nitrogen and oxygen atoms in total. The van der Waals surface area contributed by atoms with E-state index < -0.39 is 0 Å². The molecule has 0 aliphatic carbocycles. The summed E-state index contributed by atoms with van der Waals surface area (Å²) in [6.07, 6.45) is 4.73. The van der Waals surface area contributed by atoms with E-state index in [9.17, 15) is 5.11 Å². The zero-order chi connectivity index (χ0) is 14.3. The summed E-state index contributed by atoms with van der Waals surface area (Å²) in [5, 5.41) is 10.2. The van der Waals surface area contributed by atoms with E-state index in [0.29, 0.717) is 11.8 Å². The molecule has 1 N–H and O–H groups in total. The predicted octanol–water partition coefficient (Wildman–Crippen LogP) is 5.13. The highest BCUT2D eigenvalue weighted by atomic mass is 16.3. The van der Waals surface area contributed by atoms with Crippen molar-refractivity contribution in [2.24, 2.45) is 29.6 Å². The number of hydrogen-bond acceptors (Lipinski definition) is 1. The van der Waals surface area contributed by atoms with Gasteiger partial charge in [-0.15, -0.1) is 0 Å². The van der Waals surface area contributed by atoms with Crippen molar-refractivity contribution in [3.8, 4) is 0 Å². The summed E-state index contributed by atoms with van der Waals surface area (Å²) in [4.78, 5) is 0. The monoisotopic (exact) mass is 256 g/mol. The Hall–Kier alpha value is -0.0400. The van der Waals surface area contributed by atoms with Crippen LogP contribution in [0.2, 0.25) is 0 Å².